The molecule has 1 unspecified atom stereocenters. The maximum Gasteiger partial charge on any atom is 0.234 e. The van der Waals surface area contributed by atoms with E-state index >= 15 is 0 Å². The summed E-state index contributed by atoms with van der Waals surface area (Å²) in [7, 11) is 1.77. The number of hydrogen-bond acceptors (Lipinski definition) is 7. The monoisotopic (exact) mass is 466 g/mol. The van der Waals surface area contributed by atoms with Crippen molar-refractivity contribution in [3.63, 3.8) is 0 Å². The fourth-order valence-electron chi connectivity index (χ4n) is 5.32. The van der Waals surface area contributed by atoms with E-state index in [1.165, 1.54) is 0 Å². The first-order chi connectivity index (χ1) is 16.5. The Labute approximate surface area is 201 Å². The van der Waals surface area contributed by atoms with Crippen molar-refractivity contribution in [2.45, 2.75) is 45.0 Å². The van der Waals surface area contributed by atoms with E-state index in [4.69, 9.17) is 14.2 Å². The molecule has 1 aromatic carbocycles. The number of pyridine rings is 1. The molecule has 1 aromatic heterocycles. The minimum absolute atomic E-state index is 0.0220. The molecule has 1 amide bonds. The van der Waals surface area contributed by atoms with Gasteiger partial charge in [-0.1, -0.05) is 26.0 Å². The van der Waals surface area contributed by atoms with Crippen molar-refractivity contribution in [3.05, 3.63) is 47.7 Å². The molecule has 3 aliphatic heterocycles. The van der Waals surface area contributed by atoms with Crippen LogP contribution in [0, 0.1) is 5.92 Å². The van der Waals surface area contributed by atoms with Crippen LogP contribution in [0.15, 0.2) is 36.5 Å². The lowest BCUT2D eigenvalue weighted by molar-refractivity contribution is -0.123. The van der Waals surface area contributed by atoms with E-state index in [0.29, 0.717) is 26.3 Å². The first-order valence-electron chi connectivity index (χ1n) is 12.2. The van der Waals surface area contributed by atoms with Crippen LogP contribution in [0.1, 0.15) is 37.4 Å². The largest absolute Gasteiger partial charge is 0.486 e. The Morgan fingerprint density at radius 1 is 1.21 bits per heavy atom. The zero-order valence-electron chi connectivity index (χ0n) is 20.2. The van der Waals surface area contributed by atoms with Crippen molar-refractivity contribution in [1.82, 2.24) is 15.2 Å². The highest BCUT2D eigenvalue weighted by Crippen LogP contribution is 2.35. The van der Waals surface area contributed by atoms with Crippen LogP contribution in [0.25, 0.3) is 0 Å². The number of anilines is 1. The lowest BCUT2D eigenvalue weighted by atomic mass is 9.95. The standard InChI is InChI=1S/C26H34N4O4/c1-17(2)25(18-6-7-22-23(11-18)34-10-9-33-22)28-24(31)16-29-13-19-5-4-8-27-26(19)30-15-21(32-3)12-20(30)14-29/h4-8,11,17,20-21,25H,9-10,12-16H2,1-3H3,(H,28,31)/t20-,21-,25?/m1/s1. The molecule has 182 valence electrons. The number of benzene rings is 1. The summed E-state index contributed by atoms with van der Waals surface area (Å²) in [5.74, 6) is 2.78. The molecule has 1 N–H and O–H groups in total. The number of carbonyl (C=O) groups is 1. The molecule has 0 aliphatic carbocycles. The van der Waals surface area contributed by atoms with Gasteiger partial charge in [-0.3, -0.25) is 9.69 Å². The highest BCUT2D eigenvalue weighted by molar-refractivity contribution is 5.78. The number of carbonyl (C=O) groups excluding carboxylic acids is 1. The Morgan fingerprint density at radius 3 is 2.82 bits per heavy atom. The van der Waals surface area contributed by atoms with Crippen LogP contribution in [0.2, 0.25) is 0 Å². The topological polar surface area (TPSA) is 76.2 Å². The number of hydrogen-bond donors (Lipinski definition) is 1. The minimum Gasteiger partial charge on any atom is -0.486 e. The summed E-state index contributed by atoms with van der Waals surface area (Å²) in [6.07, 6.45) is 2.98. The van der Waals surface area contributed by atoms with Crippen LogP contribution in [0.3, 0.4) is 0 Å². The van der Waals surface area contributed by atoms with Gasteiger partial charge in [-0.05, 0) is 36.1 Å². The number of nitrogens with zero attached hydrogens (tertiary/aromatic N) is 3. The quantitative estimate of drug-likeness (QED) is 0.702. The maximum absolute atomic E-state index is 13.3. The molecule has 4 heterocycles. The zero-order valence-corrected chi connectivity index (χ0v) is 20.2. The molecule has 0 spiro atoms. The summed E-state index contributed by atoms with van der Waals surface area (Å²) in [6.45, 7) is 8.04. The molecule has 0 saturated carbocycles. The minimum atomic E-state index is -0.106. The van der Waals surface area contributed by atoms with Gasteiger partial charge in [-0.2, -0.15) is 0 Å². The molecular weight excluding hydrogens is 432 g/mol. The summed E-state index contributed by atoms with van der Waals surface area (Å²) < 4.78 is 17.1. The smallest absolute Gasteiger partial charge is 0.234 e. The van der Waals surface area contributed by atoms with Crippen molar-refractivity contribution < 1.29 is 19.0 Å². The average Bonchev–Trinajstić information content (AvgIpc) is 3.18. The first-order valence-corrected chi connectivity index (χ1v) is 12.2. The van der Waals surface area contributed by atoms with Crippen LogP contribution >= 0.6 is 0 Å². The summed E-state index contributed by atoms with van der Waals surface area (Å²) >= 11 is 0. The fourth-order valence-corrected chi connectivity index (χ4v) is 5.32. The van der Waals surface area contributed by atoms with E-state index in [9.17, 15) is 4.79 Å². The lowest BCUT2D eigenvalue weighted by Gasteiger charge is -2.28. The summed E-state index contributed by atoms with van der Waals surface area (Å²) in [5.41, 5.74) is 2.18. The Hall–Kier alpha value is -2.84. The number of rotatable bonds is 6. The van der Waals surface area contributed by atoms with Crippen LogP contribution in [0.4, 0.5) is 5.82 Å². The number of methoxy groups -OCH3 is 1. The average molecular weight is 467 g/mol. The SMILES string of the molecule is CO[C@@H]1C[C@@H]2CN(CC(=O)NC(c3ccc4c(c3)OCCO4)C(C)C)Cc3cccnc3N2C1. The van der Waals surface area contributed by atoms with Crippen LogP contribution in [-0.2, 0) is 16.1 Å². The summed E-state index contributed by atoms with van der Waals surface area (Å²) in [4.78, 5) is 22.5. The van der Waals surface area contributed by atoms with Gasteiger partial charge in [0.1, 0.15) is 19.0 Å². The van der Waals surface area contributed by atoms with Gasteiger partial charge in [0.15, 0.2) is 11.5 Å². The van der Waals surface area contributed by atoms with E-state index < -0.39 is 0 Å². The Morgan fingerprint density at radius 2 is 2.03 bits per heavy atom. The molecule has 3 atom stereocenters. The second-order valence-corrected chi connectivity index (χ2v) is 9.75. The second kappa shape index (κ2) is 9.80. The normalized spacial score (nSPS) is 22.6. The van der Waals surface area contributed by atoms with Crippen molar-refractivity contribution in [3.8, 4) is 11.5 Å². The van der Waals surface area contributed by atoms with Gasteiger partial charge in [-0.15, -0.1) is 0 Å². The lowest BCUT2D eigenvalue weighted by Crippen LogP contribution is -2.43. The third-order valence-electron chi connectivity index (χ3n) is 6.99. The van der Waals surface area contributed by atoms with Crippen molar-refractivity contribution in [1.29, 1.82) is 0 Å². The number of aromatic nitrogens is 1. The summed E-state index contributed by atoms with van der Waals surface area (Å²) in [6, 6.07) is 10.2. The predicted octanol–water partition coefficient (Wildman–Crippen LogP) is 2.78. The molecule has 3 aliphatic rings. The van der Waals surface area contributed by atoms with Gasteiger partial charge in [0.2, 0.25) is 5.91 Å². The highest BCUT2D eigenvalue weighted by Gasteiger charge is 2.38. The van der Waals surface area contributed by atoms with Gasteiger partial charge in [-0.25, -0.2) is 4.98 Å². The number of nitrogens with one attached hydrogen (secondary N) is 1. The van der Waals surface area contributed by atoms with Crippen LogP contribution < -0.4 is 19.7 Å². The first kappa shape index (κ1) is 22.9. The van der Waals surface area contributed by atoms with Gasteiger partial charge in [0.25, 0.3) is 0 Å². The molecule has 0 bridgehead atoms. The van der Waals surface area contributed by atoms with E-state index in [2.05, 4.69) is 40.0 Å². The molecule has 8 heteroatoms. The number of ether oxygens (including phenoxy) is 3. The predicted molar refractivity (Wildman–Crippen MR) is 129 cm³/mol. The molecule has 8 nitrogen and oxygen atoms in total. The van der Waals surface area contributed by atoms with E-state index in [1.54, 1.807) is 7.11 Å². The summed E-state index contributed by atoms with van der Waals surface area (Å²) in [5, 5.41) is 3.28. The fraction of sp³-hybridized carbons (Fsp3) is 0.538. The molecule has 0 radical (unpaired) electrons. The Bertz CT molecular complexity index is 1030. The third-order valence-corrected chi connectivity index (χ3v) is 6.99. The number of fused-ring (bicyclic) bond motifs is 4. The molecule has 2 aromatic rings. The van der Waals surface area contributed by atoms with Crippen LogP contribution in [-0.4, -0.2) is 67.9 Å². The van der Waals surface area contributed by atoms with Crippen molar-refractivity contribution in [2.75, 3.05) is 44.9 Å². The maximum atomic E-state index is 13.3. The molecule has 1 fully saturated rings. The Balaban J connectivity index is 1.30. The third kappa shape index (κ3) is 4.70. The highest BCUT2D eigenvalue weighted by atomic mass is 16.6. The molecular formula is C26H34N4O4. The molecule has 1 saturated heterocycles. The Kier molecular flexibility index (Phi) is 6.61. The van der Waals surface area contributed by atoms with E-state index in [1.807, 2.05) is 30.5 Å². The van der Waals surface area contributed by atoms with Crippen molar-refractivity contribution >= 4 is 11.7 Å². The number of amides is 1. The molecule has 5 rings (SSSR count). The van der Waals surface area contributed by atoms with Crippen molar-refractivity contribution in [2.24, 2.45) is 5.92 Å². The van der Waals surface area contributed by atoms with Gasteiger partial charge in [0.05, 0.1) is 18.7 Å². The van der Waals surface area contributed by atoms with E-state index in [-0.39, 0.29) is 30.0 Å². The van der Waals surface area contributed by atoms with Gasteiger partial charge >= 0.3 is 0 Å². The van der Waals surface area contributed by atoms with Crippen LogP contribution in [0.5, 0.6) is 11.5 Å². The van der Waals surface area contributed by atoms with Gasteiger partial charge < -0.3 is 24.4 Å². The second-order valence-electron chi connectivity index (χ2n) is 9.75. The molecule has 34 heavy (non-hydrogen) atoms. The van der Waals surface area contributed by atoms with Gasteiger partial charge in [0, 0.05) is 44.5 Å². The zero-order chi connectivity index (χ0) is 23.7. The van der Waals surface area contributed by atoms with E-state index in [0.717, 1.165) is 48.0 Å².